The lowest BCUT2D eigenvalue weighted by atomic mass is 9.76. The van der Waals surface area contributed by atoms with Gasteiger partial charge in [-0.2, -0.15) is 0 Å². The van der Waals surface area contributed by atoms with Crippen molar-refractivity contribution in [3.8, 4) is 0 Å². The molecule has 1 aliphatic heterocycles. The van der Waals surface area contributed by atoms with Crippen molar-refractivity contribution >= 4 is 11.9 Å². The average Bonchev–Trinajstić information content (AvgIpc) is 2.09. The van der Waals surface area contributed by atoms with Crippen LogP contribution in [0.5, 0.6) is 0 Å². The molecule has 74 valence electrons. The monoisotopic (exact) mass is 185 g/mol. The van der Waals surface area contributed by atoms with Gasteiger partial charge in [0.25, 0.3) is 0 Å². The van der Waals surface area contributed by atoms with Gasteiger partial charge in [-0.15, -0.1) is 0 Å². The van der Waals surface area contributed by atoms with Gasteiger partial charge in [0.15, 0.2) is 0 Å². The van der Waals surface area contributed by atoms with Crippen LogP contribution >= 0.6 is 0 Å². The summed E-state index contributed by atoms with van der Waals surface area (Å²) in [7, 11) is 1.71. The summed E-state index contributed by atoms with van der Waals surface area (Å²) in [5.74, 6) is -0.896. The number of likely N-dealkylation sites (tertiary alicyclic amines) is 1. The first-order valence-electron chi connectivity index (χ1n) is 4.49. The van der Waals surface area contributed by atoms with E-state index < -0.39 is 11.4 Å². The van der Waals surface area contributed by atoms with Crippen LogP contribution < -0.4 is 0 Å². The van der Waals surface area contributed by atoms with E-state index in [4.69, 9.17) is 5.11 Å². The Morgan fingerprint density at radius 2 is 2.31 bits per heavy atom. The fourth-order valence-electron chi connectivity index (χ4n) is 1.65. The fraction of sp³-hybridized carbons (Fsp3) is 0.778. The molecule has 1 saturated heterocycles. The van der Waals surface area contributed by atoms with Gasteiger partial charge in [0.05, 0.1) is 5.41 Å². The number of nitrogens with zero attached hydrogens (tertiary/aromatic N) is 1. The number of carboxylic acid groups (broad SMARTS) is 1. The molecular formula is C9H15NO3. The smallest absolute Gasteiger partial charge is 0.310 e. The van der Waals surface area contributed by atoms with Crippen molar-refractivity contribution in [3.05, 3.63) is 0 Å². The van der Waals surface area contributed by atoms with Gasteiger partial charge < -0.3 is 10.0 Å². The lowest BCUT2D eigenvalue weighted by Crippen LogP contribution is -2.45. The second-order valence-electron chi connectivity index (χ2n) is 3.68. The minimum atomic E-state index is -0.837. The molecule has 0 bridgehead atoms. The van der Waals surface area contributed by atoms with E-state index in [2.05, 4.69) is 0 Å². The SMILES string of the molecule is CCC1(C(=O)O)CCN(C)C(=O)C1. The van der Waals surface area contributed by atoms with Crippen LogP contribution in [0.2, 0.25) is 0 Å². The normalized spacial score (nSPS) is 29.1. The topological polar surface area (TPSA) is 57.6 Å². The molecule has 1 fully saturated rings. The molecule has 0 aromatic heterocycles. The van der Waals surface area contributed by atoms with Crippen molar-refractivity contribution in [2.24, 2.45) is 5.41 Å². The molecule has 1 amide bonds. The van der Waals surface area contributed by atoms with Crippen LogP contribution in [0.3, 0.4) is 0 Å². The molecular weight excluding hydrogens is 170 g/mol. The predicted molar refractivity (Wildman–Crippen MR) is 47.2 cm³/mol. The van der Waals surface area contributed by atoms with Gasteiger partial charge in [0.2, 0.25) is 5.91 Å². The van der Waals surface area contributed by atoms with E-state index >= 15 is 0 Å². The molecule has 1 aliphatic rings. The van der Waals surface area contributed by atoms with Gasteiger partial charge in [-0.05, 0) is 12.8 Å². The number of amides is 1. The summed E-state index contributed by atoms with van der Waals surface area (Å²) in [4.78, 5) is 23.9. The summed E-state index contributed by atoms with van der Waals surface area (Å²) in [5.41, 5.74) is -0.802. The molecule has 13 heavy (non-hydrogen) atoms. The lowest BCUT2D eigenvalue weighted by Gasteiger charge is -2.35. The third-order valence-corrected chi connectivity index (χ3v) is 2.97. The fourth-order valence-corrected chi connectivity index (χ4v) is 1.65. The molecule has 1 unspecified atom stereocenters. The van der Waals surface area contributed by atoms with Crippen LogP contribution in [0.25, 0.3) is 0 Å². The Labute approximate surface area is 77.5 Å². The van der Waals surface area contributed by atoms with E-state index in [0.717, 1.165) is 0 Å². The average molecular weight is 185 g/mol. The van der Waals surface area contributed by atoms with Crippen molar-refractivity contribution in [2.45, 2.75) is 26.2 Å². The van der Waals surface area contributed by atoms with E-state index in [0.29, 0.717) is 19.4 Å². The van der Waals surface area contributed by atoms with Gasteiger partial charge in [-0.1, -0.05) is 6.92 Å². The molecule has 4 heteroatoms. The number of piperidine rings is 1. The minimum absolute atomic E-state index is 0.0597. The van der Waals surface area contributed by atoms with E-state index in [-0.39, 0.29) is 12.3 Å². The largest absolute Gasteiger partial charge is 0.481 e. The first-order chi connectivity index (χ1) is 6.02. The summed E-state index contributed by atoms with van der Waals surface area (Å²) in [6.07, 6.45) is 1.25. The van der Waals surface area contributed by atoms with Crippen molar-refractivity contribution < 1.29 is 14.7 Å². The van der Waals surface area contributed by atoms with Crippen LogP contribution in [0, 0.1) is 5.41 Å². The first-order valence-corrected chi connectivity index (χ1v) is 4.49. The summed E-state index contributed by atoms with van der Waals surface area (Å²) >= 11 is 0. The Morgan fingerprint density at radius 1 is 1.69 bits per heavy atom. The molecule has 0 aromatic carbocycles. The quantitative estimate of drug-likeness (QED) is 0.689. The zero-order valence-corrected chi connectivity index (χ0v) is 8.04. The summed E-state index contributed by atoms with van der Waals surface area (Å²) in [5, 5.41) is 9.02. The van der Waals surface area contributed by atoms with E-state index in [9.17, 15) is 9.59 Å². The number of hydrogen-bond donors (Lipinski definition) is 1. The highest BCUT2D eigenvalue weighted by Gasteiger charge is 2.42. The van der Waals surface area contributed by atoms with Gasteiger partial charge in [0.1, 0.15) is 0 Å². The van der Waals surface area contributed by atoms with E-state index in [1.165, 1.54) is 0 Å². The zero-order chi connectivity index (χ0) is 10.1. The van der Waals surface area contributed by atoms with Gasteiger partial charge in [-0.25, -0.2) is 0 Å². The maximum absolute atomic E-state index is 11.3. The van der Waals surface area contributed by atoms with Crippen LogP contribution in [-0.4, -0.2) is 35.5 Å². The molecule has 0 aliphatic carbocycles. The highest BCUT2D eigenvalue weighted by molar-refractivity contribution is 5.86. The molecule has 1 rings (SSSR count). The summed E-state index contributed by atoms with van der Waals surface area (Å²) < 4.78 is 0. The number of rotatable bonds is 2. The van der Waals surface area contributed by atoms with Gasteiger partial charge >= 0.3 is 5.97 Å². The van der Waals surface area contributed by atoms with Crippen LogP contribution in [-0.2, 0) is 9.59 Å². The lowest BCUT2D eigenvalue weighted by molar-refractivity contribution is -0.158. The number of aliphatic carboxylic acids is 1. The Balaban J connectivity index is 2.80. The maximum atomic E-state index is 11.3. The standard InChI is InChI=1S/C9H15NO3/c1-3-9(8(12)13)4-5-10(2)7(11)6-9/h3-6H2,1-2H3,(H,12,13). The zero-order valence-electron chi connectivity index (χ0n) is 8.04. The summed E-state index contributed by atoms with van der Waals surface area (Å²) in [6.45, 7) is 2.38. The second kappa shape index (κ2) is 3.36. The predicted octanol–water partition coefficient (Wildman–Crippen LogP) is 0.720. The van der Waals surface area contributed by atoms with Crippen molar-refractivity contribution in [3.63, 3.8) is 0 Å². The van der Waals surface area contributed by atoms with Crippen LogP contribution in [0.1, 0.15) is 26.2 Å². The molecule has 4 nitrogen and oxygen atoms in total. The first kappa shape index (κ1) is 10.0. The van der Waals surface area contributed by atoms with Gasteiger partial charge in [-0.3, -0.25) is 9.59 Å². The number of carbonyl (C=O) groups is 2. The number of carbonyl (C=O) groups excluding carboxylic acids is 1. The summed E-state index contributed by atoms with van der Waals surface area (Å²) in [6, 6.07) is 0. The molecule has 0 spiro atoms. The van der Waals surface area contributed by atoms with E-state index in [1.54, 1.807) is 11.9 Å². The Kier molecular flexibility index (Phi) is 2.59. The Bertz CT molecular complexity index is 239. The van der Waals surface area contributed by atoms with Crippen molar-refractivity contribution in [2.75, 3.05) is 13.6 Å². The Morgan fingerprint density at radius 3 is 2.69 bits per heavy atom. The Hall–Kier alpha value is -1.06. The molecule has 0 radical (unpaired) electrons. The molecule has 0 aromatic rings. The van der Waals surface area contributed by atoms with E-state index in [1.807, 2.05) is 6.92 Å². The maximum Gasteiger partial charge on any atom is 0.310 e. The van der Waals surface area contributed by atoms with Crippen molar-refractivity contribution in [1.82, 2.24) is 4.90 Å². The molecule has 0 saturated carbocycles. The third kappa shape index (κ3) is 1.66. The highest BCUT2D eigenvalue weighted by atomic mass is 16.4. The molecule has 1 heterocycles. The number of carboxylic acids is 1. The van der Waals surface area contributed by atoms with Gasteiger partial charge in [0, 0.05) is 20.0 Å². The number of hydrogen-bond acceptors (Lipinski definition) is 2. The van der Waals surface area contributed by atoms with Crippen LogP contribution in [0.15, 0.2) is 0 Å². The third-order valence-electron chi connectivity index (χ3n) is 2.97. The van der Waals surface area contributed by atoms with Crippen LogP contribution in [0.4, 0.5) is 0 Å². The molecule has 1 N–H and O–H groups in total. The second-order valence-corrected chi connectivity index (χ2v) is 3.68. The van der Waals surface area contributed by atoms with Crippen molar-refractivity contribution in [1.29, 1.82) is 0 Å². The highest BCUT2D eigenvalue weighted by Crippen LogP contribution is 2.35. The molecule has 1 atom stereocenters. The minimum Gasteiger partial charge on any atom is -0.481 e.